The van der Waals surface area contributed by atoms with E-state index in [0.29, 0.717) is 22.4 Å². The average molecular weight is 344 g/mol. The van der Waals surface area contributed by atoms with Crippen molar-refractivity contribution in [2.45, 2.75) is 13.8 Å². The van der Waals surface area contributed by atoms with Gasteiger partial charge in [-0.15, -0.1) is 0 Å². The standard InChI is InChI=1S/C16H14ClN5O2/c1-9-6-14(22-24-9)21-16(23)13-7-19-15(8-18-13)20-12-5-3-4-11(17)10(12)2/h3-8H,1-2H3,(H,19,20)(H,21,22,23). The maximum atomic E-state index is 12.1. The summed E-state index contributed by atoms with van der Waals surface area (Å²) in [5, 5.41) is 10.0. The van der Waals surface area contributed by atoms with Gasteiger partial charge in [0.1, 0.15) is 17.3 Å². The molecular formula is C16H14ClN5O2. The van der Waals surface area contributed by atoms with Crippen LogP contribution < -0.4 is 10.6 Å². The van der Waals surface area contributed by atoms with Crippen LogP contribution in [0, 0.1) is 13.8 Å². The van der Waals surface area contributed by atoms with E-state index in [-0.39, 0.29) is 5.69 Å². The van der Waals surface area contributed by atoms with Crippen LogP contribution in [0.3, 0.4) is 0 Å². The van der Waals surface area contributed by atoms with Gasteiger partial charge in [-0.3, -0.25) is 4.79 Å². The van der Waals surface area contributed by atoms with Crippen LogP contribution in [0.15, 0.2) is 41.2 Å². The number of anilines is 3. The zero-order chi connectivity index (χ0) is 17.1. The number of aryl methyl sites for hydroxylation is 1. The van der Waals surface area contributed by atoms with E-state index in [4.69, 9.17) is 16.1 Å². The first-order valence-electron chi connectivity index (χ1n) is 7.12. The molecule has 3 rings (SSSR count). The summed E-state index contributed by atoms with van der Waals surface area (Å²) in [6, 6.07) is 7.15. The first-order valence-corrected chi connectivity index (χ1v) is 7.49. The van der Waals surface area contributed by atoms with Gasteiger partial charge in [-0.2, -0.15) is 0 Å². The summed E-state index contributed by atoms with van der Waals surface area (Å²) >= 11 is 6.08. The van der Waals surface area contributed by atoms with Gasteiger partial charge < -0.3 is 15.2 Å². The maximum absolute atomic E-state index is 12.1. The first-order chi connectivity index (χ1) is 11.5. The minimum atomic E-state index is -0.415. The summed E-state index contributed by atoms with van der Waals surface area (Å²) in [6.45, 7) is 3.64. The Morgan fingerprint density at radius 3 is 2.67 bits per heavy atom. The number of carbonyl (C=O) groups excluding carboxylic acids is 1. The van der Waals surface area contributed by atoms with E-state index in [0.717, 1.165) is 11.3 Å². The van der Waals surface area contributed by atoms with Gasteiger partial charge in [-0.1, -0.05) is 22.8 Å². The molecule has 24 heavy (non-hydrogen) atoms. The van der Waals surface area contributed by atoms with Crippen LogP contribution in [-0.4, -0.2) is 21.0 Å². The first kappa shape index (κ1) is 15.9. The predicted molar refractivity (Wildman–Crippen MR) is 90.7 cm³/mol. The molecular weight excluding hydrogens is 330 g/mol. The Labute approximate surface area is 143 Å². The summed E-state index contributed by atoms with van der Waals surface area (Å²) < 4.78 is 4.89. The molecule has 1 amide bonds. The Kier molecular flexibility index (Phi) is 4.43. The Balaban J connectivity index is 1.71. The molecule has 0 aliphatic carbocycles. The van der Waals surface area contributed by atoms with Crippen molar-refractivity contribution >= 4 is 34.8 Å². The molecule has 1 aromatic carbocycles. The number of halogens is 1. The van der Waals surface area contributed by atoms with Gasteiger partial charge >= 0.3 is 0 Å². The molecule has 3 aromatic rings. The normalized spacial score (nSPS) is 10.5. The van der Waals surface area contributed by atoms with Crippen molar-refractivity contribution in [1.82, 2.24) is 15.1 Å². The number of rotatable bonds is 4. The number of nitrogens with zero attached hydrogens (tertiary/aromatic N) is 3. The Bertz CT molecular complexity index is 876. The van der Waals surface area contributed by atoms with Crippen molar-refractivity contribution < 1.29 is 9.32 Å². The molecule has 2 aromatic heterocycles. The third-order valence-electron chi connectivity index (χ3n) is 3.28. The lowest BCUT2D eigenvalue weighted by Gasteiger charge is -2.09. The van der Waals surface area contributed by atoms with Crippen LogP contribution in [0.4, 0.5) is 17.3 Å². The zero-order valence-corrected chi connectivity index (χ0v) is 13.8. The molecule has 0 atom stereocenters. The quantitative estimate of drug-likeness (QED) is 0.749. The fraction of sp³-hybridized carbons (Fsp3) is 0.125. The summed E-state index contributed by atoms with van der Waals surface area (Å²) in [7, 11) is 0. The summed E-state index contributed by atoms with van der Waals surface area (Å²) in [5.41, 5.74) is 1.90. The molecule has 0 aliphatic heterocycles. The van der Waals surface area contributed by atoms with E-state index >= 15 is 0 Å². The highest BCUT2D eigenvalue weighted by atomic mass is 35.5. The van der Waals surface area contributed by atoms with E-state index in [9.17, 15) is 4.79 Å². The van der Waals surface area contributed by atoms with Gasteiger partial charge in [0.25, 0.3) is 5.91 Å². The Morgan fingerprint density at radius 2 is 2.00 bits per heavy atom. The van der Waals surface area contributed by atoms with E-state index in [1.165, 1.54) is 12.4 Å². The number of nitrogens with one attached hydrogen (secondary N) is 2. The highest BCUT2D eigenvalue weighted by Crippen LogP contribution is 2.25. The smallest absolute Gasteiger partial charge is 0.277 e. The van der Waals surface area contributed by atoms with E-state index in [2.05, 4.69) is 25.8 Å². The number of amides is 1. The van der Waals surface area contributed by atoms with E-state index < -0.39 is 5.91 Å². The molecule has 0 saturated carbocycles. The molecule has 2 heterocycles. The number of carbonyl (C=O) groups is 1. The lowest BCUT2D eigenvalue weighted by molar-refractivity contribution is 0.102. The maximum Gasteiger partial charge on any atom is 0.277 e. The Morgan fingerprint density at radius 1 is 1.17 bits per heavy atom. The van der Waals surface area contributed by atoms with E-state index in [1.54, 1.807) is 13.0 Å². The number of hydrogen-bond donors (Lipinski definition) is 2. The fourth-order valence-corrected chi connectivity index (χ4v) is 2.17. The van der Waals surface area contributed by atoms with Crippen molar-refractivity contribution in [2.24, 2.45) is 0 Å². The molecule has 0 fully saturated rings. The highest BCUT2D eigenvalue weighted by molar-refractivity contribution is 6.31. The summed E-state index contributed by atoms with van der Waals surface area (Å²) in [6.07, 6.45) is 2.85. The van der Waals surface area contributed by atoms with Gasteiger partial charge in [0.2, 0.25) is 0 Å². The number of aromatic nitrogens is 3. The molecule has 8 heteroatoms. The molecule has 0 aliphatic rings. The molecule has 0 spiro atoms. The van der Waals surface area contributed by atoms with Crippen molar-refractivity contribution in [3.8, 4) is 0 Å². The van der Waals surface area contributed by atoms with Gasteiger partial charge in [-0.25, -0.2) is 9.97 Å². The van der Waals surface area contributed by atoms with Crippen molar-refractivity contribution in [1.29, 1.82) is 0 Å². The van der Waals surface area contributed by atoms with Crippen LogP contribution in [0.2, 0.25) is 5.02 Å². The second kappa shape index (κ2) is 6.67. The Hall–Kier alpha value is -2.93. The minimum Gasteiger partial charge on any atom is -0.360 e. The summed E-state index contributed by atoms with van der Waals surface area (Å²) in [4.78, 5) is 20.4. The van der Waals surface area contributed by atoms with Crippen LogP contribution in [0.25, 0.3) is 0 Å². The fourth-order valence-electron chi connectivity index (χ4n) is 2.00. The molecule has 122 valence electrons. The van der Waals surface area contributed by atoms with Crippen molar-refractivity contribution in [2.75, 3.05) is 10.6 Å². The third kappa shape index (κ3) is 3.52. The van der Waals surface area contributed by atoms with Crippen LogP contribution in [-0.2, 0) is 0 Å². The second-order valence-corrected chi connectivity index (χ2v) is 5.51. The largest absolute Gasteiger partial charge is 0.360 e. The van der Waals surface area contributed by atoms with Crippen LogP contribution in [0.5, 0.6) is 0 Å². The molecule has 7 nitrogen and oxygen atoms in total. The van der Waals surface area contributed by atoms with Crippen LogP contribution >= 0.6 is 11.6 Å². The lowest BCUT2D eigenvalue weighted by Crippen LogP contribution is -2.14. The topological polar surface area (TPSA) is 92.9 Å². The third-order valence-corrected chi connectivity index (χ3v) is 3.69. The molecule has 0 radical (unpaired) electrons. The molecule has 2 N–H and O–H groups in total. The zero-order valence-electron chi connectivity index (χ0n) is 13.0. The number of hydrogen-bond acceptors (Lipinski definition) is 6. The SMILES string of the molecule is Cc1cc(NC(=O)c2cnc(Nc3cccc(Cl)c3C)cn2)no1. The van der Waals surface area contributed by atoms with Gasteiger partial charge in [-0.05, 0) is 31.5 Å². The van der Waals surface area contributed by atoms with Crippen molar-refractivity contribution in [3.63, 3.8) is 0 Å². The van der Waals surface area contributed by atoms with Crippen molar-refractivity contribution in [3.05, 3.63) is 58.7 Å². The molecule has 0 unspecified atom stereocenters. The van der Waals surface area contributed by atoms with Gasteiger partial charge in [0.05, 0.1) is 12.4 Å². The average Bonchev–Trinajstić information content (AvgIpc) is 2.97. The lowest BCUT2D eigenvalue weighted by atomic mass is 10.2. The van der Waals surface area contributed by atoms with Crippen LogP contribution in [0.1, 0.15) is 21.8 Å². The summed E-state index contributed by atoms with van der Waals surface area (Å²) in [5.74, 6) is 1.03. The predicted octanol–water partition coefficient (Wildman–Crippen LogP) is 3.73. The van der Waals surface area contributed by atoms with Gasteiger partial charge in [0.15, 0.2) is 5.82 Å². The molecule has 0 saturated heterocycles. The highest BCUT2D eigenvalue weighted by Gasteiger charge is 2.11. The minimum absolute atomic E-state index is 0.170. The monoisotopic (exact) mass is 343 g/mol. The van der Waals surface area contributed by atoms with E-state index in [1.807, 2.05) is 25.1 Å². The van der Waals surface area contributed by atoms with Gasteiger partial charge in [0, 0.05) is 16.8 Å². The number of benzene rings is 1. The molecule has 0 bridgehead atoms. The second-order valence-electron chi connectivity index (χ2n) is 5.10.